The molecule has 1 unspecified atom stereocenters. The van der Waals surface area contributed by atoms with Gasteiger partial charge in [0.05, 0.1) is 5.41 Å². The fourth-order valence-corrected chi connectivity index (χ4v) is 1.83. The Bertz CT molecular complexity index is 236. The smallest absolute Gasteiger partial charge is 0.314 e. The summed E-state index contributed by atoms with van der Waals surface area (Å²) in [5, 5.41) is 0. The lowest BCUT2D eigenvalue weighted by Crippen LogP contribution is -2.42. The molecule has 0 fully saturated rings. The molecule has 0 radical (unpaired) electrons. The number of carbonyl (C=O) groups excluding carboxylic acids is 1. The van der Waals surface area contributed by atoms with E-state index in [-0.39, 0.29) is 23.7 Å². The predicted molar refractivity (Wildman–Crippen MR) is 69.5 cm³/mol. The average molecular weight is 244 g/mol. The van der Waals surface area contributed by atoms with Crippen LogP contribution in [-0.4, -0.2) is 19.4 Å². The van der Waals surface area contributed by atoms with E-state index in [0.29, 0.717) is 0 Å². The fourth-order valence-electron chi connectivity index (χ4n) is 1.83. The van der Waals surface area contributed by atoms with E-state index in [1.54, 1.807) is 7.11 Å². The van der Waals surface area contributed by atoms with E-state index in [1.165, 1.54) is 0 Å². The van der Waals surface area contributed by atoms with Crippen molar-refractivity contribution in [3.63, 3.8) is 0 Å². The zero-order valence-electron chi connectivity index (χ0n) is 12.5. The molecule has 0 aliphatic heterocycles. The summed E-state index contributed by atoms with van der Waals surface area (Å²) in [6, 6.07) is 0. The van der Waals surface area contributed by atoms with Gasteiger partial charge in [0.25, 0.3) is 0 Å². The van der Waals surface area contributed by atoms with Crippen molar-refractivity contribution >= 4 is 5.97 Å². The summed E-state index contributed by atoms with van der Waals surface area (Å²) in [7, 11) is 1.57. The highest BCUT2D eigenvalue weighted by Gasteiger charge is 2.42. The molecule has 0 aromatic heterocycles. The Morgan fingerprint density at radius 1 is 1.00 bits per heavy atom. The Balaban J connectivity index is 4.88. The van der Waals surface area contributed by atoms with E-state index in [2.05, 4.69) is 27.7 Å². The van der Waals surface area contributed by atoms with Gasteiger partial charge in [0, 0.05) is 13.0 Å². The number of carbonyl (C=O) groups is 1. The Hall–Kier alpha value is -0.570. The minimum Gasteiger partial charge on any atom is -0.435 e. The zero-order valence-corrected chi connectivity index (χ0v) is 12.5. The Kier molecular flexibility index (Phi) is 6.17. The van der Waals surface area contributed by atoms with Crippen molar-refractivity contribution in [2.45, 2.75) is 54.8 Å². The molecular formula is C14H28O3. The molecule has 0 aromatic rings. The topological polar surface area (TPSA) is 35.5 Å². The van der Waals surface area contributed by atoms with Crippen LogP contribution in [0, 0.1) is 23.2 Å². The first kappa shape index (κ1) is 16.4. The molecule has 3 nitrogen and oxygen atoms in total. The van der Waals surface area contributed by atoms with Gasteiger partial charge < -0.3 is 9.47 Å². The number of hydrogen-bond donors (Lipinski definition) is 0. The first-order valence-corrected chi connectivity index (χ1v) is 6.41. The second-order valence-electron chi connectivity index (χ2n) is 5.85. The predicted octanol–water partition coefficient (Wildman–Crippen LogP) is 3.48. The van der Waals surface area contributed by atoms with Gasteiger partial charge in [-0.05, 0) is 18.8 Å². The van der Waals surface area contributed by atoms with Crippen LogP contribution in [0.1, 0.15) is 48.5 Å². The molecule has 0 N–H and O–H groups in total. The maximum atomic E-state index is 12.3. The molecule has 0 bridgehead atoms. The Morgan fingerprint density at radius 2 is 1.41 bits per heavy atom. The third kappa shape index (κ3) is 3.70. The quantitative estimate of drug-likeness (QED) is 0.530. The number of hydrogen-bond acceptors (Lipinski definition) is 3. The third-order valence-electron chi connectivity index (χ3n) is 3.84. The normalized spacial score (nSPS) is 14.5. The Labute approximate surface area is 106 Å². The second-order valence-corrected chi connectivity index (χ2v) is 5.85. The minimum atomic E-state index is -0.467. The first-order valence-electron chi connectivity index (χ1n) is 6.41. The summed E-state index contributed by atoms with van der Waals surface area (Å²) in [6.45, 7) is 14.1. The van der Waals surface area contributed by atoms with Gasteiger partial charge in [-0.3, -0.25) is 4.79 Å². The van der Waals surface area contributed by atoms with Gasteiger partial charge in [0.15, 0.2) is 0 Å². The van der Waals surface area contributed by atoms with Crippen molar-refractivity contribution in [1.82, 2.24) is 0 Å². The van der Waals surface area contributed by atoms with Crippen LogP contribution < -0.4 is 0 Å². The van der Waals surface area contributed by atoms with E-state index >= 15 is 0 Å². The SMILES string of the molecule is COC(OC(=O)C(C)(C(C)C)C(C)C)C(C)C. The molecule has 0 aromatic carbocycles. The maximum absolute atomic E-state index is 12.3. The van der Waals surface area contributed by atoms with E-state index < -0.39 is 11.7 Å². The van der Waals surface area contributed by atoms with Crippen molar-refractivity contribution in [3.8, 4) is 0 Å². The van der Waals surface area contributed by atoms with Gasteiger partial charge in [-0.25, -0.2) is 0 Å². The molecular weight excluding hydrogens is 216 g/mol. The molecule has 3 heteroatoms. The molecule has 0 aliphatic rings. The number of methoxy groups -OCH3 is 1. The van der Waals surface area contributed by atoms with Crippen molar-refractivity contribution in [1.29, 1.82) is 0 Å². The van der Waals surface area contributed by atoms with Gasteiger partial charge in [0.2, 0.25) is 6.29 Å². The van der Waals surface area contributed by atoms with Crippen LogP contribution >= 0.6 is 0 Å². The third-order valence-corrected chi connectivity index (χ3v) is 3.84. The Morgan fingerprint density at radius 3 is 1.65 bits per heavy atom. The molecule has 0 aliphatic carbocycles. The van der Waals surface area contributed by atoms with Crippen molar-refractivity contribution in [2.75, 3.05) is 7.11 Å². The van der Waals surface area contributed by atoms with Crippen LogP contribution in [0.4, 0.5) is 0 Å². The lowest BCUT2D eigenvalue weighted by molar-refractivity contribution is -0.197. The highest BCUT2D eigenvalue weighted by molar-refractivity contribution is 5.77. The van der Waals surface area contributed by atoms with Crippen LogP contribution in [-0.2, 0) is 14.3 Å². The van der Waals surface area contributed by atoms with Gasteiger partial charge in [-0.1, -0.05) is 41.5 Å². The van der Waals surface area contributed by atoms with Crippen molar-refractivity contribution < 1.29 is 14.3 Å². The first-order chi connectivity index (χ1) is 7.67. The minimum absolute atomic E-state index is 0.160. The fraction of sp³-hybridized carbons (Fsp3) is 0.929. The molecule has 17 heavy (non-hydrogen) atoms. The second kappa shape index (κ2) is 6.39. The van der Waals surface area contributed by atoms with Crippen LogP contribution in [0.2, 0.25) is 0 Å². The lowest BCUT2D eigenvalue weighted by atomic mass is 9.70. The van der Waals surface area contributed by atoms with E-state index in [1.807, 2.05) is 20.8 Å². The lowest BCUT2D eigenvalue weighted by Gasteiger charge is -2.36. The molecule has 0 spiro atoms. The van der Waals surface area contributed by atoms with Crippen molar-refractivity contribution in [2.24, 2.45) is 23.2 Å². The highest BCUT2D eigenvalue weighted by atomic mass is 16.7. The van der Waals surface area contributed by atoms with E-state index in [4.69, 9.17) is 9.47 Å². The summed E-state index contributed by atoms with van der Waals surface area (Å²) in [4.78, 5) is 12.3. The summed E-state index contributed by atoms with van der Waals surface area (Å²) in [5.41, 5.74) is -0.467. The zero-order chi connectivity index (χ0) is 13.8. The maximum Gasteiger partial charge on any atom is 0.314 e. The van der Waals surface area contributed by atoms with Crippen LogP contribution in [0.5, 0.6) is 0 Å². The van der Waals surface area contributed by atoms with E-state index in [9.17, 15) is 4.79 Å². The molecule has 102 valence electrons. The van der Waals surface area contributed by atoms with Gasteiger partial charge in [-0.15, -0.1) is 0 Å². The molecule has 1 atom stereocenters. The average Bonchev–Trinajstić information content (AvgIpc) is 2.22. The molecule has 0 saturated heterocycles. The van der Waals surface area contributed by atoms with Crippen LogP contribution in [0.25, 0.3) is 0 Å². The van der Waals surface area contributed by atoms with Crippen LogP contribution in [0.3, 0.4) is 0 Å². The van der Waals surface area contributed by atoms with Gasteiger partial charge >= 0.3 is 5.97 Å². The van der Waals surface area contributed by atoms with Gasteiger partial charge in [0.1, 0.15) is 0 Å². The number of ether oxygens (including phenoxy) is 2. The largest absolute Gasteiger partial charge is 0.435 e. The van der Waals surface area contributed by atoms with Crippen molar-refractivity contribution in [3.05, 3.63) is 0 Å². The summed E-state index contributed by atoms with van der Waals surface area (Å²) >= 11 is 0. The molecule has 0 rings (SSSR count). The van der Waals surface area contributed by atoms with E-state index in [0.717, 1.165) is 0 Å². The summed E-state index contributed by atoms with van der Waals surface area (Å²) in [6.07, 6.45) is -0.459. The number of esters is 1. The molecule has 0 amide bonds. The monoisotopic (exact) mass is 244 g/mol. The standard InChI is InChI=1S/C14H28O3/c1-9(2)12(16-8)17-13(15)14(7,10(3)4)11(5)6/h9-12H,1-8H3. The summed E-state index contributed by atoms with van der Waals surface area (Å²) in [5.74, 6) is 0.468. The summed E-state index contributed by atoms with van der Waals surface area (Å²) < 4.78 is 10.7. The van der Waals surface area contributed by atoms with Gasteiger partial charge in [-0.2, -0.15) is 0 Å². The number of rotatable bonds is 6. The van der Waals surface area contributed by atoms with Crippen LogP contribution in [0.15, 0.2) is 0 Å². The molecule has 0 heterocycles. The molecule has 0 saturated carbocycles. The highest BCUT2D eigenvalue weighted by Crippen LogP contribution is 2.37.